The Kier molecular flexibility index (Phi) is 4.48. The molecule has 2 aromatic rings. The molecule has 0 fully saturated rings. The van der Waals surface area contributed by atoms with Gasteiger partial charge in [-0.05, 0) is 48.9 Å². The fraction of sp³-hybridized carbons (Fsp3) is 0.0667. The van der Waals surface area contributed by atoms with E-state index in [0.29, 0.717) is 21.9 Å². The Morgan fingerprint density at radius 1 is 1.05 bits per heavy atom. The average Bonchev–Trinajstić information content (AvgIpc) is 2.46. The van der Waals surface area contributed by atoms with Crippen molar-refractivity contribution in [2.45, 2.75) is 6.92 Å². The molecule has 0 aromatic heterocycles. The van der Waals surface area contributed by atoms with Crippen LogP contribution in [0.3, 0.4) is 0 Å². The van der Waals surface area contributed by atoms with E-state index >= 15 is 0 Å². The zero-order chi connectivity index (χ0) is 14.5. The van der Waals surface area contributed by atoms with Crippen LogP contribution in [0.1, 0.15) is 22.8 Å². The Morgan fingerprint density at radius 2 is 1.60 bits per heavy atom. The number of carbonyl (C=O) groups excluding carboxylic acids is 1. The fourth-order valence-electron chi connectivity index (χ4n) is 1.49. The molecular weight excluding hydrogens is 281 g/mol. The summed E-state index contributed by atoms with van der Waals surface area (Å²) in [6, 6.07) is 12.0. The Hall–Kier alpha value is -2.20. The number of hydrogen-bond acceptors (Lipinski definition) is 3. The summed E-state index contributed by atoms with van der Waals surface area (Å²) < 4.78 is 12.8. The summed E-state index contributed by atoms with van der Waals surface area (Å²) in [5.74, 6) is -0.914. The third-order valence-corrected chi connectivity index (χ3v) is 2.86. The normalized spacial score (nSPS) is 11.2. The van der Waals surface area contributed by atoms with E-state index in [1.54, 1.807) is 43.3 Å². The SMILES string of the molecule is C/C(=N/OC(=O)c1ccc(Cl)cc1)c1ccc(F)cc1. The van der Waals surface area contributed by atoms with E-state index in [9.17, 15) is 9.18 Å². The first kappa shape index (κ1) is 14.2. The lowest BCUT2D eigenvalue weighted by atomic mass is 10.1. The Balaban J connectivity index is 2.06. The largest absolute Gasteiger partial charge is 0.365 e. The Bertz CT molecular complexity index is 636. The van der Waals surface area contributed by atoms with Crippen LogP contribution in [0.2, 0.25) is 5.02 Å². The molecule has 3 nitrogen and oxygen atoms in total. The Labute approximate surface area is 120 Å². The molecule has 0 aliphatic heterocycles. The van der Waals surface area contributed by atoms with E-state index in [1.165, 1.54) is 12.1 Å². The van der Waals surface area contributed by atoms with Gasteiger partial charge in [0.25, 0.3) is 0 Å². The van der Waals surface area contributed by atoms with Gasteiger partial charge >= 0.3 is 5.97 Å². The molecule has 0 bridgehead atoms. The number of carbonyl (C=O) groups is 1. The maximum Gasteiger partial charge on any atom is 0.365 e. The van der Waals surface area contributed by atoms with E-state index in [1.807, 2.05) is 0 Å². The van der Waals surface area contributed by atoms with Gasteiger partial charge in [-0.1, -0.05) is 28.9 Å². The summed E-state index contributed by atoms with van der Waals surface area (Å²) in [7, 11) is 0. The van der Waals surface area contributed by atoms with Gasteiger partial charge in [-0.2, -0.15) is 0 Å². The lowest BCUT2D eigenvalue weighted by Crippen LogP contribution is -2.03. The van der Waals surface area contributed by atoms with Crippen molar-refractivity contribution in [2.24, 2.45) is 5.16 Å². The fourth-order valence-corrected chi connectivity index (χ4v) is 1.62. The first-order valence-corrected chi connectivity index (χ1v) is 6.21. The third-order valence-electron chi connectivity index (χ3n) is 2.61. The second-order valence-corrected chi connectivity index (χ2v) is 4.51. The highest BCUT2D eigenvalue weighted by Crippen LogP contribution is 2.11. The maximum atomic E-state index is 12.8. The van der Waals surface area contributed by atoms with Crippen molar-refractivity contribution in [3.05, 3.63) is 70.5 Å². The Morgan fingerprint density at radius 3 is 2.20 bits per heavy atom. The highest BCUT2D eigenvalue weighted by molar-refractivity contribution is 6.30. The zero-order valence-electron chi connectivity index (χ0n) is 10.6. The summed E-state index contributed by atoms with van der Waals surface area (Å²) in [6.07, 6.45) is 0. The quantitative estimate of drug-likeness (QED) is 0.486. The van der Waals surface area contributed by atoms with Crippen LogP contribution < -0.4 is 0 Å². The molecule has 2 aromatic carbocycles. The van der Waals surface area contributed by atoms with Crippen LogP contribution in [-0.4, -0.2) is 11.7 Å². The van der Waals surface area contributed by atoms with Gasteiger partial charge in [-0.15, -0.1) is 0 Å². The van der Waals surface area contributed by atoms with Crippen molar-refractivity contribution >= 4 is 23.3 Å². The number of rotatable bonds is 3. The molecule has 0 heterocycles. The molecule has 0 unspecified atom stereocenters. The van der Waals surface area contributed by atoms with Gasteiger partial charge < -0.3 is 4.84 Å². The van der Waals surface area contributed by atoms with Crippen molar-refractivity contribution in [2.75, 3.05) is 0 Å². The molecule has 0 spiro atoms. The van der Waals surface area contributed by atoms with Gasteiger partial charge in [0.05, 0.1) is 11.3 Å². The van der Waals surface area contributed by atoms with Crippen LogP contribution in [0.4, 0.5) is 4.39 Å². The minimum absolute atomic E-state index is 0.334. The molecule has 0 amide bonds. The highest BCUT2D eigenvalue weighted by atomic mass is 35.5. The van der Waals surface area contributed by atoms with Crippen LogP contribution in [-0.2, 0) is 4.84 Å². The van der Waals surface area contributed by atoms with Crippen molar-refractivity contribution in [3.63, 3.8) is 0 Å². The molecule has 0 radical (unpaired) electrons. The minimum atomic E-state index is -0.580. The molecule has 0 aliphatic rings. The monoisotopic (exact) mass is 291 g/mol. The first-order chi connectivity index (χ1) is 9.56. The maximum absolute atomic E-state index is 12.8. The summed E-state index contributed by atoms with van der Waals surface area (Å²) in [5.41, 5.74) is 1.51. The summed E-state index contributed by atoms with van der Waals surface area (Å²) in [4.78, 5) is 16.5. The first-order valence-electron chi connectivity index (χ1n) is 5.84. The highest BCUT2D eigenvalue weighted by Gasteiger charge is 2.07. The van der Waals surface area contributed by atoms with E-state index in [-0.39, 0.29) is 5.82 Å². The topological polar surface area (TPSA) is 38.7 Å². The van der Waals surface area contributed by atoms with Crippen LogP contribution in [0, 0.1) is 5.82 Å². The average molecular weight is 292 g/mol. The van der Waals surface area contributed by atoms with Gasteiger partial charge in [-0.3, -0.25) is 0 Å². The van der Waals surface area contributed by atoms with E-state index < -0.39 is 5.97 Å². The molecule has 5 heteroatoms. The van der Waals surface area contributed by atoms with Gasteiger partial charge in [0.15, 0.2) is 0 Å². The van der Waals surface area contributed by atoms with Gasteiger partial charge in [0, 0.05) is 5.02 Å². The lowest BCUT2D eigenvalue weighted by Gasteiger charge is -2.01. The molecule has 0 atom stereocenters. The standard InChI is InChI=1S/C15H11ClFNO2/c1-10(11-4-8-14(17)9-5-11)18-20-15(19)12-2-6-13(16)7-3-12/h2-9H,1H3/b18-10-. The molecule has 0 saturated carbocycles. The lowest BCUT2D eigenvalue weighted by molar-refractivity contribution is 0.0516. The molecular formula is C15H11ClFNO2. The number of benzene rings is 2. The molecule has 0 saturated heterocycles. The third kappa shape index (κ3) is 3.65. The van der Waals surface area contributed by atoms with Crippen LogP contribution in [0.25, 0.3) is 0 Å². The zero-order valence-corrected chi connectivity index (χ0v) is 11.4. The molecule has 2 rings (SSSR count). The van der Waals surface area contributed by atoms with E-state index in [4.69, 9.17) is 16.4 Å². The van der Waals surface area contributed by atoms with Crippen LogP contribution in [0.15, 0.2) is 53.7 Å². The predicted octanol–water partition coefficient (Wildman–Crippen LogP) is 4.06. The molecule has 102 valence electrons. The van der Waals surface area contributed by atoms with Gasteiger partial charge in [0.1, 0.15) is 5.82 Å². The van der Waals surface area contributed by atoms with Gasteiger partial charge in [0.2, 0.25) is 0 Å². The molecule has 0 aliphatic carbocycles. The van der Waals surface area contributed by atoms with Crippen molar-refractivity contribution in [3.8, 4) is 0 Å². The van der Waals surface area contributed by atoms with Crippen LogP contribution >= 0.6 is 11.6 Å². The summed E-state index contributed by atoms with van der Waals surface area (Å²) in [6.45, 7) is 1.67. The second kappa shape index (κ2) is 6.30. The van der Waals surface area contributed by atoms with Crippen molar-refractivity contribution in [1.29, 1.82) is 0 Å². The van der Waals surface area contributed by atoms with Crippen LogP contribution in [0.5, 0.6) is 0 Å². The summed E-state index contributed by atoms with van der Waals surface area (Å²) >= 11 is 5.73. The predicted molar refractivity (Wildman–Crippen MR) is 75.5 cm³/mol. The summed E-state index contributed by atoms with van der Waals surface area (Å²) in [5, 5.41) is 4.27. The number of hydrogen-bond donors (Lipinski definition) is 0. The second-order valence-electron chi connectivity index (χ2n) is 4.07. The van der Waals surface area contributed by atoms with Crippen molar-refractivity contribution in [1.82, 2.24) is 0 Å². The number of oxime groups is 1. The van der Waals surface area contributed by atoms with E-state index in [0.717, 1.165) is 0 Å². The smallest absolute Gasteiger partial charge is 0.313 e. The van der Waals surface area contributed by atoms with E-state index in [2.05, 4.69) is 5.16 Å². The van der Waals surface area contributed by atoms with Crippen molar-refractivity contribution < 1.29 is 14.0 Å². The minimum Gasteiger partial charge on any atom is -0.313 e. The number of halogens is 2. The molecule has 0 N–H and O–H groups in total. The number of nitrogens with zero attached hydrogens (tertiary/aromatic N) is 1. The molecule has 20 heavy (non-hydrogen) atoms. The van der Waals surface area contributed by atoms with Gasteiger partial charge in [-0.25, -0.2) is 9.18 Å².